The smallest absolute Gasteiger partial charge is 0.407 e. The lowest BCUT2D eigenvalue weighted by Gasteiger charge is -2.19. The monoisotopic (exact) mass is 309 g/mol. The summed E-state index contributed by atoms with van der Waals surface area (Å²) in [4.78, 5) is 21.8. The van der Waals surface area contributed by atoms with Crippen LogP contribution in [0.2, 0.25) is 0 Å². The number of nitro benzene ring substituents is 1. The molecule has 1 aromatic rings. The molecule has 0 unspecified atom stereocenters. The van der Waals surface area contributed by atoms with Gasteiger partial charge in [0.1, 0.15) is 5.60 Å². The fourth-order valence-electron chi connectivity index (χ4n) is 1.73. The van der Waals surface area contributed by atoms with E-state index in [1.54, 1.807) is 26.8 Å². The molecule has 0 heterocycles. The lowest BCUT2D eigenvalue weighted by atomic mass is 10.2. The summed E-state index contributed by atoms with van der Waals surface area (Å²) >= 11 is 0. The van der Waals surface area contributed by atoms with E-state index in [2.05, 4.69) is 10.6 Å². The molecule has 0 saturated heterocycles. The van der Waals surface area contributed by atoms with E-state index in [1.165, 1.54) is 12.1 Å². The Balaban J connectivity index is 2.35. The van der Waals surface area contributed by atoms with Crippen LogP contribution in [-0.4, -0.2) is 29.7 Å². The average Bonchev–Trinajstić information content (AvgIpc) is 2.37. The Labute approximate surface area is 130 Å². The number of nitrogens with zero attached hydrogens (tertiary/aromatic N) is 1. The summed E-state index contributed by atoms with van der Waals surface area (Å²) in [7, 11) is 0. The maximum Gasteiger partial charge on any atom is 0.407 e. The zero-order chi connectivity index (χ0) is 16.8. The Morgan fingerprint density at radius 3 is 2.59 bits per heavy atom. The first-order chi connectivity index (χ1) is 10.2. The highest BCUT2D eigenvalue weighted by Gasteiger charge is 2.15. The van der Waals surface area contributed by atoms with Gasteiger partial charge in [0.15, 0.2) is 0 Å². The zero-order valence-electron chi connectivity index (χ0n) is 13.4. The maximum absolute atomic E-state index is 11.4. The van der Waals surface area contributed by atoms with Crippen LogP contribution >= 0.6 is 0 Å². The SMILES string of the molecule is Cc1ccc([N+](=O)[O-])cc1NCCCNC(=O)OC(C)(C)C. The van der Waals surface area contributed by atoms with Crippen LogP contribution in [0.4, 0.5) is 16.2 Å². The van der Waals surface area contributed by atoms with Gasteiger partial charge in [0.05, 0.1) is 4.92 Å². The van der Waals surface area contributed by atoms with Gasteiger partial charge in [0.25, 0.3) is 5.69 Å². The van der Waals surface area contributed by atoms with Gasteiger partial charge in [-0.15, -0.1) is 0 Å². The van der Waals surface area contributed by atoms with Crippen molar-refractivity contribution >= 4 is 17.5 Å². The largest absolute Gasteiger partial charge is 0.444 e. The first-order valence-electron chi connectivity index (χ1n) is 7.15. The Morgan fingerprint density at radius 1 is 1.32 bits per heavy atom. The summed E-state index contributed by atoms with van der Waals surface area (Å²) in [5.74, 6) is 0. The van der Waals surface area contributed by atoms with Gasteiger partial charge in [-0.05, 0) is 39.7 Å². The fourth-order valence-corrected chi connectivity index (χ4v) is 1.73. The number of non-ortho nitro benzene ring substituents is 1. The third-order valence-corrected chi connectivity index (χ3v) is 2.77. The first-order valence-corrected chi connectivity index (χ1v) is 7.15. The number of aryl methyl sites for hydroxylation is 1. The number of amides is 1. The summed E-state index contributed by atoms with van der Waals surface area (Å²) < 4.78 is 5.12. The molecule has 0 aliphatic rings. The molecule has 1 rings (SSSR count). The van der Waals surface area contributed by atoms with Crippen molar-refractivity contribution in [2.45, 2.75) is 39.7 Å². The van der Waals surface area contributed by atoms with Crippen LogP contribution in [0.25, 0.3) is 0 Å². The van der Waals surface area contributed by atoms with E-state index < -0.39 is 16.6 Å². The van der Waals surface area contributed by atoms with Crippen molar-refractivity contribution in [2.24, 2.45) is 0 Å². The van der Waals surface area contributed by atoms with E-state index in [0.717, 1.165) is 11.3 Å². The van der Waals surface area contributed by atoms with Gasteiger partial charge in [-0.25, -0.2) is 4.79 Å². The Morgan fingerprint density at radius 2 is 2.00 bits per heavy atom. The van der Waals surface area contributed by atoms with E-state index in [0.29, 0.717) is 19.5 Å². The van der Waals surface area contributed by atoms with Gasteiger partial charge in [-0.1, -0.05) is 6.07 Å². The van der Waals surface area contributed by atoms with Gasteiger partial charge in [-0.3, -0.25) is 10.1 Å². The molecule has 22 heavy (non-hydrogen) atoms. The van der Waals surface area contributed by atoms with E-state index in [4.69, 9.17) is 4.74 Å². The number of nitrogens with one attached hydrogen (secondary N) is 2. The quantitative estimate of drug-likeness (QED) is 0.478. The van der Waals surface area contributed by atoms with E-state index in [-0.39, 0.29) is 5.69 Å². The lowest BCUT2D eigenvalue weighted by Crippen LogP contribution is -2.33. The van der Waals surface area contributed by atoms with E-state index in [9.17, 15) is 14.9 Å². The highest BCUT2D eigenvalue weighted by atomic mass is 16.6. The summed E-state index contributed by atoms with van der Waals surface area (Å²) in [5.41, 5.74) is 1.21. The number of carbonyl (C=O) groups is 1. The summed E-state index contributed by atoms with van der Waals surface area (Å²) in [5, 5.41) is 16.5. The number of benzene rings is 1. The predicted octanol–water partition coefficient (Wildman–Crippen LogP) is 3.23. The maximum atomic E-state index is 11.4. The van der Waals surface area contributed by atoms with Crippen molar-refractivity contribution in [3.63, 3.8) is 0 Å². The van der Waals surface area contributed by atoms with Crippen molar-refractivity contribution in [1.29, 1.82) is 0 Å². The molecular weight excluding hydrogens is 286 g/mol. The van der Waals surface area contributed by atoms with Crippen LogP contribution in [0, 0.1) is 17.0 Å². The molecule has 7 nitrogen and oxygen atoms in total. The molecule has 1 aromatic carbocycles. The second-order valence-electron chi connectivity index (χ2n) is 5.97. The molecule has 2 N–H and O–H groups in total. The van der Waals surface area contributed by atoms with Crippen molar-refractivity contribution in [3.05, 3.63) is 33.9 Å². The topological polar surface area (TPSA) is 93.5 Å². The Kier molecular flexibility index (Phi) is 6.15. The number of hydrogen-bond donors (Lipinski definition) is 2. The zero-order valence-corrected chi connectivity index (χ0v) is 13.4. The molecule has 0 bridgehead atoms. The summed E-state index contributed by atoms with van der Waals surface area (Å²) in [6.07, 6.45) is 0.237. The number of hydrogen-bond acceptors (Lipinski definition) is 5. The molecule has 0 spiro atoms. The molecule has 0 atom stereocenters. The van der Waals surface area contributed by atoms with Gasteiger partial charge < -0.3 is 15.4 Å². The van der Waals surface area contributed by atoms with Crippen molar-refractivity contribution < 1.29 is 14.5 Å². The third-order valence-electron chi connectivity index (χ3n) is 2.77. The molecular formula is C15H23N3O4. The number of carbonyl (C=O) groups excluding carboxylic acids is 1. The molecule has 0 radical (unpaired) electrons. The average molecular weight is 309 g/mol. The second kappa shape index (κ2) is 7.63. The van der Waals surface area contributed by atoms with Gasteiger partial charge in [0, 0.05) is 30.9 Å². The highest BCUT2D eigenvalue weighted by molar-refractivity contribution is 5.67. The number of alkyl carbamates (subject to hydrolysis) is 1. The first kappa shape index (κ1) is 17.7. The van der Waals surface area contributed by atoms with Crippen LogP contribution < -0.4 is 10.6 Å². The van der Waals surface area contributed by atoms with Crippen molar-refractivity contribution in [3.8, 4) is 0 Å². The highest BCUT2D eigenvalue weighted by Crippen LogP contribution is 2.21. The number of ether oxygens (including phenoxy) is 1. The molecule has 0 saturated carbocycles. The van der Waals surface area contributed by atoms with Crippen molar-refractivity contribution in [2.75, 3.05) is 18.4 Å². The molecule has 1 amide bonds. The number of nitro groups is 1. The standard InChI is InChI=1S/C15H23N3O4/c1-11-6-7-12(18(20)21)10-13(11)16-8-5-9-17-14(19)22-15(2,3)4/h6-7,10,16H,5,8-9H2,1-4H3,(H,17,19). The Hall–Kier alpha value is -2.31. The van der Waals surface area contributed by atoms with Crippen LogP contribution in [0.1, 0.15) is 32.8 Å². The number of rotatable bonds is 6. The minimum atomic E-state index is -0.511. The molecule has 0 aromatic heterocycles. The third kappa shape index (κ3) is 6.43. The van der Waals surface area contributed by atoms with Crippen LogP contribution in [0.3, 0.4) is 0 Å². The molecule has 0 aliphatic carbocycles. The summed E-state index contributed by atoms with van der Waals surface area (Å²) in [6, 6.07) is 4.70. The number of anilines is 1. The molecule has 122 valence electrons. The summed E-state index contributed by atoms with van der Waals surface area (Å²) in [6.45, 7) is 8.36. The lowest BCUT2D eigenvalue weighted by molar-refractivity contribution is -0.384. The van der Waals surface area contributed by atoms with E-state index in [1.807, 2.05) is 6.92 Å². The van der Waals surface area contributed by atoms with Gasteiger partial charge >= 0.3 is 6.09 Å². The second-order valence-corrected chi connectivity index (χ2v) is 5.97. The minimum absolute atomic E-state index is 0.0555. The van der Waals surface area contributed by atoms with E-state index >= 15 is 0 Å². The Bertz CT molecular complexity index is 538. The van der Waals surface area contributed by atoms with Gasteiger partial charge in [0.2, 0.25) is 0 Å². The molecule has 7 heteroatoms. The molecule has 0 fully saturated rings. The van der Waals surface area contributed by atoms with Crippen LogP contribution in [-0.2, 0) is 4.74 Å². The van der Waals surface area contributed by atoms with Crippen LogP contribution in [0.15, 0.2) is 18.2 Å². The minimum Gasteiger partial charge on any atom is -0.444 e. The fraction of sp³-hybridized carbons (Fsp3) is 0.533. The normalized spacial score (nSPS) is 10.9. The van der Waals surface area contributed by atoms with Crippen molar-refractivity contribution in [1.82, 2.24) is 5.32 Å². The predicted molar refractivity (Wildman–Crippen MR) is 85.2 cm³/mol. The molecule has 0 aliphatic heterocycles. The van der Waals surface area contributed by atoms with Gasteiger partial charge in [-0.2, -0.15) is 0 Å². The van der Waals surface area contributed by atoms with Crippen LogP contribution in [0.5, 0.6) is 0 Å².